The van der Waals surface area contributed by atoms with Gasteiger partial charge in [0.15, 0.2) is 0 Å². The molecule has 0 aromatic rings. The minimum absolute atomic E-state index is 0. The topological polar surface area (TPSA) is 77.8 Å². The maximum Gasteiger partial charge on any atom is 1.00 e. The normalized spacial score (nSPS) is 5.86. The Bertz CT molecular complexity index is 39.0. The summed E-state index contributed by atoms with van der Waals surface area (Å²) in [5.41, 5.74) is 0. The van der Waals surface area contributed by atoms with Gasteiger partial charge in [0, 0.05) is 7.11 Å². The number of aliphatic hydroxyl groups excluding tert-OH is 1. The molecule has 0 aliphatic heterocycles. The molecule has 0 rings (SSSR count). The van der Waals surface area contributed by atoms with Gasteiger partial charge in [-0.25, -0.2) is 0 Å². The molecular formula is CH7NaO4Se. The standard InChI is InChI=1S/CH4O.Na.H2O3Se.H/c1-2;;1-4(2)3;/h2H,1H3;;(H2,1,2,3);/q;+1;;-1. The summed E-state index contributed by atoms with van der Waals surface area (Å²) < 4.78 is 23.1. The first kappa shape index (κ1) is 15.7. The molecule has 0 aliphatic carbocycles. The molecule has 42 valence electrons. The Hall–Kier alpha value is 1.20. The van der Waals surface area contributed by atoms with Crippen LogP contribution in [-0.4, -0.2) is 35.1 Å². The fourth-order valence-electron chi connectivity index (χ4n) is 0. The molecule has 0 saturated carbocycles. The van der Waals surface area contributed by atoms with Crippen LogP contribution in [0.4, 0.5) is 0 Å². The summed E-state index contributed by atoms with van der Waals surface area (Å²) in [6.45, 7) is 0. The smallest absolute Gasteiger partial charge is 1.00 e. The van der Waals surface area contributed by atoms with E-state index in [0.29, 0.717) is 0 Å². The molecule has 0 radical (unpaired) electrons. The van der Waals surface area contributed by atoms with E-state index >= 15 is 0 Å². The summed E-state index contributed by atoms with van der Waals surface area (Å²) >= 11 is -3.29. The summed E-state index contributed by atoms with van der Waals surface area (Å²) in [6, 6.07) is 0. The predicted octanol–water partition coefficient (Wildman–Crippen LogP) is -4.89. The molecule has 0 bridgehead atoms. The Labute approximate surface area is 69.7 Å². The van der Waals surface area contributed by atoms with Crippen molar-refractivity contribution in [3.8, 4) is 0 Å². The third kappa shape index (κ3) is 135. The maximum absolute atomic E-state index is 8.76. The van der Waals surface area contributed by atoms with E-state index in [4.69, 9.17) is 17.3 Å². The molecule has 0 spiro atoms. The molecule has 3 N–H and O–H groups in total. The SMILES string of the molecule is CO.O=[Se](O)O.[H-].[Na+]. The third-order valence-electron chi connectivity index (χ3n) is 0. The van der Waals surface area contributed by atoms with E-state index in [9.17, 15) is 0 Å². The van der Waals surface area contributed by atoms with Crippen LogP contribution in [0.5, 0.6) is 0 Å². The van der Waals surface area contributed by atoms with Crippen LogP contribution in [0.15, 0.2) is 0 Å². The molecule has 0 aromatic heterocycles. The van der Waals surface area contributed by atoms with Crippen molar-refractivity contribution in [3.63, 3.8) is 0 Å². The Morgan fingerprint density at radius 3 is 1.43 bits per heavy atom. The monoisotopic (exact) mass is 186 g/mol. The zero-order valence-electron chi connectivity index (χ0n) is 5.16. The summed E-state index contributed by atoms with van der Waals surface area (Å²) in [6.07, 6.45) is 0. The van der Waals surface area contributed by atoms with Crippen molar-refractivity contribution < 1.29 is 48.3 Å². The van der Waals surface area contributed by atoms with Gasteiger partial charge in [0.2, 0.25) is 0 Å². The van der Waals surface area contributed by atoms with E-state index in [1.165, 1.54) is 0 Å². The van der Waals surface area contributed by atoms with Crippen molar-refractivity contribution in [1.29, 1.82) is 0 Å². The molecule has 0 saturated heterocycles. The van der Waals surface area contributed by atoms with Crippen molar-refractivity contribution >= 4 is 14.5 Å². The Kier molecular flexibility index (Phi) is 35.2. The van der Waals surface area contributed by atoms with E-state index < -0.39 is 14.5 Å². The molecule has 6 heteroatoms. The van der Waals surface area contributed by atoms with Crippen LogP contribution >= 0.6 is 0 Å². The van der Waals surface area contributed by atoms with Crippen molar-refractivity contribution in [3.05, 3.63) is 0 Å². The van der Waals surface area contributed by atoms with Crippen molar-refractivity contribution in [2.24, 2.45) is 0 Å². The van der Waals surface area contributed by atoms with Crippen LogP contribution < -0.4 is 29.6 Å². The zero-order valence-corrected chi connectivity index (χ0v) is 7.87. The van der Waals surface area contributed by atoms with Gasteiger partial charge >= 0.3 is 56.3 Å². The van der Waals surface area contributed by atoms with E-state index in [2.05, 4.69) is 0 Å². The van der Waals surface area contributed by atoms with Crippen LogP contribution in [0, 0.1) is 0 Å². The first-order chi connectivity index (χ1) is 2.73. The van der Waals surface area contributed by atoms with Crippen LogP contribution in [0.25, 0.3) is 0 Å². The quantitative estimate of drug-likeness (QED) is 0.330. The molecule has 7 heavy (non-hydrogen) atoms. The Balaban J connectivity index is -0.0000000183. The first-order valence-electron chi connectivity index (χ1n) is 0.979. The van der Waals surface area contributed by atoms with Crippen LogP contribution in [-0.2, 0) is 3.83 Å². The molecule has 0 atom stereocenters. The van der Waals surface area contributed by atoms with Crippen LogP contribution in [0.1, 0.15) is 1.43 Å². The van der Waals surface area contributed by atoms with Crippen molar-refractivity contribution in [1.82, 2.24) is 0 Å². The van der Waals surface area contributed by atoms with E-state index in [1.807, 2.05) is 0 Å². The Morgan fingerprint density at radius 1 is 1.43 bits per heavy atom. The minimum Gasteiger partial charge on any atom is -1.00 e. The molecule has 4 nitrogen and oxygen atoms in total. The predicted molar refractivity (Wildman–Crippen MR) is 20.1 cm³/mol. The Morgan fingerprint density at radius 2 is 1.43 bits per heavy atom. The average molecular weight is 185 g/mol. The first-order valence-corrected chi connectivity index (χ1v) is 3.21. The molecule has 0 aliphatic rings. The van der Waals surface area contributed by atoms with E-state index in [1.54, 1.807) is 0 Å². The number of aliphatic hydroxyl groups is 1. The van der Waals surface area contributed by atoms with Gasteiger partial charge < -0.3 is 6.53 Å². The van der Waals surface area contributed by atoms with Gasteiger partial charge in [0.05, 0.1) is 0 Å². The summed E-state index contributed by atoms with van der Waals surface area (Å²) in [5, 5.41) is 7.00. The van der Waals surface area contributed by atoms with E-state index in [-0.39, 0.29) is 31.0 Å². The minimum atomic E-state index is -3.29. The number of hydrogen-bond donors (Lipinski definition) is 3. The van der Waals surface area contributed by atoms with E-state index in [0.717, 1.165) is 7.11 Å². The molecule has 0 unspecified atom stereocenters. The third-order valence-corrected chi connectivity index (χ3v) is 0. The van der Waals surface area contributed by atoms with Crippen molar-refractivity contribution in [2.45, 2.75) is 0 Å². The fraction of sp³-hybridized carbons (Fsp3) is 1.00. The van der Waals surface area contributed by atoms with Crippen LogP contribution in [0.3, 0.4) is 0 Å². The summed E-state index contributed by atoms with van der Waals surface area (Å²) in [5.74, 6) is 0. The van der Waals surface area contributed by atoms with Gasteiger partial charge in [-0.3, -0.25) is 0 Å². The maximum atomic E-state index is 8.76. The zero-order chi connectivity index (χ0) is 5.58. The van der Waals surface area contributed by atoms with Crippen LogP contribution in [0.2, 0.25) is 0 Å². The summed E-state index contributed by atoms with van der Waals surface area (Å²) in [4.78, 5) is 0. The fourth-order valence-corrected chi connectivity index (χ4v) is 0. The molecular weight excluding hydrogens is 178 g/mol. The molecule has 0 heterocycles. The van der Waals surface area contributed by atoms with Gasteiger partial charge in [-0.15, -0.1) is 0 Å². The average Bonchev–Trinajstić information content (AvgIpc) is 1.41. The molecule has 0 fully saturated rings. The van der Waals surface area contributed by atoms with Gasteiger partial charge in [0.1, 0.15) is 0 Å². The molecule has 0 amide bonds. The summed E-state index contributed by atoms with van der Waals surface area (Å²) in [7, 11) is 1.00. The van der Waals surface area contributed by atoms with Crippen molar-refractivity contribution in [2.75, 3.05) is 7.11 Å². The van der Waals surface area contributed by atoms with Gasteiger partial charge in [-0.1, -0.05) is 0 Å². The second-order valence-corrected chi connectivity index (χ2v) is 1.20. The number of hydrogen-bond acceptors (Lipinski definition) is 2. The largest absolute Gasteiger partial charge is 1.00 e. The molecule has 0 aromatic carbocycles. The van der Waals surface area contributed by atoms with Gasteiger partial charge in [-0.05, 0) is 0 Å². The second kappa shape index (κ2) is 15.7. The number of rotatable bonds is 0. The van der Waals surface area contributed by atoms with Gasteiger partial charge in [0.25, 0.3) is 0 Å². The van der Waals surface area contributed by atoms with Gasteiger partial charge in [-0.2, -0.15) is 0 Å². The second-order valence-electron chi connectivity index (χ2n) is 0.231.